The number of aromatic nitrogens is 2. The van der Waals surface area contributed by atoms with Crippen molar-refractivity contribution in [3.8, 4) is 0 Å². The smallest absolute Gasteiger partial charge is 0.212 e. The van der Waals surface area contributed by atoms with E-state index in [2.05, 4.69) is 22.1 Å². The first kappa shape index (κ1) is 13.2. The number of carbonyl (C=O) groups is 1. The van der Waals surface area contributed by atoms with E-state index in [1.165, 1.54) is 0 Å². The van der Waals surface area contributed by atoms with E-state index in [4.69, 9.17) is 0 Å². The van der Waals surface area contributed by atoms with E-state index in [9.17, 15) is 4.79 Å². The van der Waals surface area contributed by atoms with Gasteiger partial charge in [-0.1, -0.05) is 6.92 Å². The average Bonchev–Trinajstić information content (AvgIpc) is 2.67. The molecule has 0 amide bonds. The van der Waals surface area contributed by atoms with Gasteiger partial charge in [0.15, 0.2) is 5.82 Å². The second-order valence-corrected chi connectivity index (χ2v) is 4.75. The maximum atomic E-state index is 12.2. The molecule has 0 aromatic carbocycles. The van der Waals surface area contributed by atoms with Crippen LogP contribution in [0.2, 0.25) is 0 Å². The molecule has 1 fully saturated rings. The SMILES string of the molecule is CCCn1ccnc1C(=O)CN1CCCNCC1. The average molecular weight is 250 g/mol. The van der Waals surface area contributed by atoms with E-state index in [1.807, 2.05) is 10.8 Å². The molecule has 0 saturated carbocycles. The van der Waals surface area contributed by atoms with Gasteiger partial charge in [-0.25, -0.2) is 4.98 Å². The van der Waals surface area contributed by atoms with Gasteiger partial charge >= 0.3 is 0 Å². The second-order valence-electron chi connectivity index (χ2n) is 4.75. The van der Waals surface area contributed by atoms with Crippen LogP contribution in [-0.4, -0.2) is 53.0 Å². The fourth-order valence-electron chi connectivity index (χ4n) is 2.32. The van der Waals surface area contributed by atoms with Crippen LogP contribution >= 0.6 is 0 Å². The summed E-state index contributed by atoms with van der Waals surface area (Å²) < 4.78 is 1.96. The van der Waals surface area contributed by atoms with Crippen molar-refractivity contribution < 1.29 is 4.79 Å². The predicted molar refractivity (Wildman–Crippen MR) is 70.8 cm³/mol. The van der Waals surface area contributed by atoms with Gasteiger partial charge in [0.1, 0.15) is 0 Å². The highest BCUT2D eigenvalue weighted by atomic mass is 16.1. The Morgan fingerprint density at radius 1 is 1.44 bits per heavy atom. The Morgan fingerprint density at radius 2 is 2.33 bits per heavy atom. The zero-order valence-corrected chi connectivity index (χ0v) is 11.1. The van der Waals surface area contributed by atoms with Crippen molar-refractivity contribution >= 4 is 5.78 Å². The highest BCUT2D eigenvalue weighted by molar-refractivity contribution is 5.94. The predicted octanol–water partition coefficient (Wildman–Crippen LogP) is 0.771. The molecule has 2 heterocycles. The summed E-state index contributed by atoms with van der Waals surface area (Å²) in [6.45, 7) is 7.42. The molecule has 0 aliphatic carbocycles. The highest BCUT2D eigenvalue weighted by Crippen LogP contribution is 2.04. The van der Waals surface area contributed by atoms with Gasteiger partial charge in [0.2, 0.25) is 5.78 Å². The first-order chi connectivity index (χ1) is 8.81. The molecule has 1 aromatic rings. The van der Waals surface area contributed by atoms with Crippen molar-refractivity contribution in [2.75, 3.05) is 32.7 Å². The van der Waals surface area contributed by atoms with Crippen LogP contribution in [0, 0.1) is 0 Å². The van der Waals surface area contributed by atoms with Crippen LogP contribution in [0.3, 0.4) is 0 Å². The third-order valence-electron chi connectivity index (χ3n) is 3.23. The quantitative estimate of drug-likeness (QED) is 0.784. The number of hydrogen-bond donors (Lipinski definition) is 1. The molecule has 1 aromatic heterocycles. The monoisotopic (exact) mass is 250 g/mol. The summed E-state index contributed by atoms with van der Waals surface area (Å²) in [7, 11) is 0. The number of Topliss-reactive ketones (excluding diaryl/α,β-unsaturated/α-hetero) is 1. The minimum Gasteiger partial charge on any atom is -0.328 e. The topological polar surface area (TPSA) is 50.2 Å². The van der Waals surface area contributed by atoms with Crippen LogP contribution in [0.5, 0.6) is 0 Å². The van der Waals surface area contributed by atoms with Crippen molar-refractivity contribution in [2.24, 2.45) is 0 Å². The molecule has 0 unspecified atom stereocenters. The number of nitrogens with zero attached hydrogens (tertiary/aromatic N) is 3. The van der Waals surface area contributed by atoms with E-state index in [-0.39, 0.29) is 5.78 Å². The molecule has 0 spiro atoms. The number of hydrogen-bond acceptors (Lipinski definition) is 4. The fraction of sp³-hybridized carbons (Fsp3) is 0.692. The number of aryl methyl sites for hydroxylation is 1. The van der Waals surface area contributed by atoms with E-state index in [0.717, 1.165) is 45.6 Å². The Morgan fingerprint density at radius 3 is 3.17 bits per heavy atom. The van der Waals surface area contributed by atoms with Crippen LogP contribution in [0.15, 0.2) is 12.4 Å². The van der Waals surface area contributed by atoms with E-state index in [1.54, 1.807) is 6.20 Å². The van der Waals surface area contributed by atoms with Gasteiger partial charge in [0, 0.05) is 32.0 Å². The summed E-state index contributed by atoms with van der Waals surface area (Å²) >= 11 is 0. The Hall–Kier alpha value is -1.20. The van der Waals surface area contributed by atoms with Crippen molar-refractivity contribution in [3.05, 3.63) is 18.2 Å². The first-order valence-electron chi connectivity index (χ1n) is 6.78. The zero-order valence-electron chi connectivity index (χ0n) is 11.1. The van der Waals surface area contributed by atoms with Crippen LogP contribution < -0.4 is 5.32 Å². The van der Waals surface area contributed by atoms with Crippen molar-refractivity contribution in [2.45, 2.75) is 26.3 Å². The zero-order chi connectivity index (χ0) is 12.8. The number of ketones is 1. The Bertz CT molecular complexity index is 380. The van der Waals surface area contributed by atoms with Gasteiger partial charge in [-0.15, -0.1) is 0 Å². The van der Waals surface area contributed by atoms with Gasteiger partial charge in [-0.05, 0) is 25.9 Å². The normalized spacial score (nSPS) is 17.6. The Balaban J connectivity index is 1.95. The third-order valence-corrected chi connectivity index (χ3v) is 3.23. The molecule has 1 aliphatic rings. The molecule has 5 nitrogen and oxygen atoms in total. The second kappa shape index (κ2) is 6.66. The molecule has 0 atom stereocenters. The Labute approximate surface area is 108 Å². The molecule has 2 rings (SSSR count). The van der Waals surface area contributed by atoms with E-state index < -0.39 is 0 Å². The third kappa shape index (κ3) is 3.40. The van der Waals surface area contributed by atoms with Crippen molar-refractivity contribution in [1.29, 1.82) is 0 Å². The molecule has 100 valence electrons. The van der Waals surface area contributed by atoms with Crippen molar-refractivity contribution in [3.63, 3.8) is 0 Å². The summed E-state index contributed by atoms with van der Waals surface area (Å²) in [6, 6.07) is 0. The molecular formula is C13H22N4O. The Kier molecular flexibility index (Phi) is 4.90. The summed E-state index contributed by atoms with van der Waals surface area (Å²) in [6.07, 6.45) is 5.73. The van der Waals surface area contributed by atoms with Gasteiger partial charge in [-0.3, -0.25) is 9.69 Å². The minimum absolute atomic E-state index is 0.135. The lowest BCUT2D eigenvalue weighted by molar-refractivity contribution is 0.0920. The maximum Gasteiger partial charge on any atom is 0.212 e. The maximum absolute atomic E-state index is 12.2. The summed E-state index contributed by atoms with van der Waals surface area (Å²) in [5.41, 5.74) is 0. The summed E-state index contributed by atoms with van der Waals surface area (Å²) in [5, 5.41) is 3.34. The molecule has 0 radical (unpaired) electrons. The van der Waals surface area contributed by atoms with Crippen LogP contribution in [-0.2, 0) is 6.54 Å². The molecule has 1 saturated heterocycles. The largest absolute Gasteiger partial charge is 0.328 e. The van der Waals surface area contributed by atoms with Gasteiger partial charge < -0.3 is 9.88 Å². The van der Waals surface area contributed by atoms with Crippen LogP contribution in [0.4, 0.5) is 0 Å². The molecule has 18 heavy (non-hydrogen) atoms. The van der Waals surface area contributed by atoms with Gasteiger partial charge in [0.25, 0.3) is 0 Å². The lowest BCUT2D eigenvalue weighted by Gasteiger charge is -2.18. The van der Waals surface area contributed by atoms with Crippen molar-refractivity contribution in [1.82, 2.24) is 19.8 Å². The lowest BCUT2D eigenvalue weighted by atomic mass is 10.3. The van der Waals surface area contributed by atoms with Gasteiger partial charge in [0.05, 0.1) is 6.54 Å². The molecule has 0 bridgehead atoms. The van der Waals surface area contributed by atoms with Gasteiger partial charge in [-0.2, -0.15) is 0 Å². The molecule has 1 aliphatic heterocycles. The molecular weight excluding hydrogens is 228 g/mol. The van der Waals surface area contributed by atoms with E-state index in [0.29, 0.717) is 12.4 Å². The summed E-state index contributed by atoms with van der Waals surface area (Å²) in [5.74, 6) is 0.740. The summed E-state index contributed by atoms with van der Waals surface area (Å²) in [4.78, 5) is 18.6. The standard InChI is InChI=1S/C13H22N4O/c1-2-7-17-10-6-15-13(17)12(18)11-16-8-3-4-14-5-9-16/h6,10,14H,2-5,7-9,11H2,1H3. The highest BCUT2D eigenvalue weighted by Gasteiger charge is 2.17. The lowest BCUT2D eigenvalue weighted by Crippen LogP contribution is -2.34. The fourth-order valence-corrected chi connectivity index (χ4v) is 2.32. The number of carbonyl (C=O) groups excluding carboxylic acids is 1. The number of rotatable bonds is 5. The minimum atomic E-state index is 0.135. The number of nitrogens with one attached hydrogen (secondary N) is 1. The molecule has 1 N–H and O–H groups in total. The molecule has 5 heteroatoms. The number of imidazole rings is 1. The first-order valence-corrected chi connectivity index (χ1v) is 6.78. The van der Waals surface area contributed by atoms with E-state index >= 15 is 0 Å². The van der Waals surface area contributed by atoms with Crippen LogP contribution in [0.25, 0.3) is 0 Å². The van der Waals surface area contributed by atoms with Crippen LogP contribution in [0.1, 0.15) is 30.4 Å².